The number of allylic oxidation sites excluding steroid dienone is 4. The average molecular weight is 805 g/mol. The molecule has 0 radical (unpaired) electrons. The summed E-state index contributed by atoms with van der Waals surface area (Å²) >= 11 is 0. The summed E-state index contributed by atoms with van der Waals surface area (Å²) in [6.07, 6.45) is 8.81. The maximum Gasteiger partial charge on any atom is 0.0711 e. The van der Waals surface area contributed by atoms with Crippen LogP contribution in [0.4, 0.5) is 0 Å². The van der Waals surface area contributed by atoms with E-state index >= 15 is 0 Å². The Kier molecular flexibility index (Phi) is 8.97. The second-order valence-corrected chi connectivity index (χ2v) is 17.1. The van der Waals surface area contributed by atoms with Crippen molar-refractivity contribution in [3.63, 3.8) is 0 Å². The van der Waals surface area contributed by atoms with Crippen molar-refractivity contribution >= 4 is 72.0 Å². The molecule has 0 saturated carbocycles. The highest BCUT2D eigenvalue weighted by Crippen LogP contribution is 2.49. The lowest BCUT2D eigenvalue weighted by atomic mass is 9.78. The normalized spacial score (nSPS) is 17.4. The number of para-hydroxylation sites is 1. The van der Waals surface area contributed by atoms with Crippen molar-refractivity contribution in [3.8, 4) is 16.8 Å². The standard InChI is InChI=1S/C61H44N2/c1-40-25-28-49(42-15-5-2-6-16-42)38-56(43-17-7-3-8-18-43)62-61(40)44-29-26-41(27-30-44)33-51-34-50-31-32-57-60(59(50)54-36-46-20-12-11-19-45(46)35-53(51)54)55-37-47-21-13-14-22-48(47)39-58(55)63(57)52-23-9-4-10-24-52/h2-24,26-33,35-40H,25,34H2,1H3/b49-28-,51-33-,56-38-,62-61?. The van der Waals surface area contributed by atoms with Gasteiger partial charge in [0, 0.05) is 27.9 Å². The third-order valence-corrected chi connectivity index (χ3v) is 13.2. The molecule has 0 saturated heterocycles. The third-order valence-electron chi connectivity index (χ3n) is 13.2. The van der Waals surface area contributed by atoms with Gasteiger partial charge in [0.05, 0.1) is 22.4 Å². The van der Waals surface area contributed by atoms with Crippen molar-refractivity contribution in [2.75, 3.05) is 0 Å². The molecule has 12 rings (SSSR count). The van der Waals surface area contributed by atoms with Crippen LogP contribution in [0.3, 0.4) is 0 Å². The summed E-state index contributed by atoms with van der Waals surface area (Å²) in [7, 11) is 0. The van der Waals surface area contributed by atoms with Crippen LogP contribution >= 0.6 is 0 Å². The lowest BCUT2D eigenvalue weighted by molar-refractivity contribution is 0.791. The molecule has 2 heteroatoms. The Labute approximate surface area is 368 Å². The first kappa shape index (κ1) is 37.0. The SMILES string of the molecule is CC1C/C=C(c2ccccc2)/C=C(/c2ccccc2)N=C1c1ccc(/C=C2/Cc3ccc4c(c3-c3cc5ccccc5cc32)c2cc3ccccc3cc2n4-c2ccccc2)cc1. The predicted molar refractivity (Wildman–Crippen MR) is 268 cm³/mol. The van der Waals surface area contributed by atoms with Gasteiger partial charge in [-0.1, -0.05) is 177 Å². The van der Waals surface area contributed by atoms with E-state index in [1.165, 1.54) is 93.6 Å². The number of hydrogen-bond acceptors (Lipinski definition) is 1. The summed E-state index contributed by atoms with van der Waals surface area (Å²) in [6, 6.07) is 73.2. The number of benzene rings is 9. The molecule has 2 aliphatic rings. The molecule has 9 aromatic carbocycles. The van der Waals surface area contributed by atoms with Crippen LogP contribution in [0.15, 0.2) is 217 Å². The van der Waals surface area contributed by atoms with Crippen molar-refractivity contribution in [3.05, 3.63) is 246 Å². The largest absolute Gasteiger partial charge is 0.309 e. The highest BCUT2D eigenvalue weighted by molar-refractivity contribution is 6.21. The molecule has 10 aromatic rings. The lowest BCUT2D eigenvalue weighted by Gasteiger charge is -2.25. The predicted octanol–water partition coefficient (Wildman–Crippen LogP) is 15.8. The third kappa shape index (κ3) is 6.54. The summed E-state index contributed by atoms with van der Waals surface area (Å²) in [4.78, 5) is 5.47. The van der Waals surface area contributed by atoms with E-state index in [0.717, 1.165) is 35.4 Å². The van der Waals surface area contributed by atoms with E-state index in [0.29, 0.717) is 0 Å². The van der Waals surface area contributed by atoms with Crippen molar-refractivity contribution in [1.82, 2.24) is 4.57 Å². The molecule has 0 fully saturated rings. The Morgan fingerprint density at radius 1 is 0.540 bits per heavy atom. The van der Waals surface area contributed by atoms with Gasteiger partial charge in [0.1, 0.15) is 0 Å². The lowest BCUT2D eigenvalue weighted by Crippen LogP contribution is -2.14. The Balaban J connectivity index is 0.990. The van der Waals surface area contributed by atoms with Gasteiger partial charge in [-0.2, -0.15) is 0 Å². The second-order valence-electron chi connectivity index (χ2n) is 17.1. The molecule has 0 amide bonds. The molecule has 0 spiro atoms. The second kappa shape index (κ2) is 15.3. The monoisotopic (exact) mass is 804 g/mol. The van der Waals surface area contributed by atoms with Gasteiger partial charge in [-0.15, -0.1) is 0 Å². The molecular formula is C61H44N2. The van der Waals surface area contributed by atoms with E-state index in [4.69, 9.17) is 4.99 Å². The van der Waals surface area contributed by atoms with E-state index in [-0.39, 0.29) is 5.92 Å². The molecule has 2 heterocycles. The van der Waals surface area contributed by atoms with Crippen LogP contribution in [0.5, 0.6) is 0 Å². The number of hydrogen-bond donors (Lipinski definition) is 0. The quantitative estimate of drug-likeness (QED) is 0.165. The molecule has 0 bridgehead atoms. The van der Waals surface area contributed by atoms with Gasteiger partial charge in [-0.3, -0.25) is 4.99 Å². The van der Waals surface area contributed by atoms with Crippen LogP contribution < -0.4 is 0 Å². The van der Waals surface area contributed by atoms with Crippen LogP contribution in [0.25, 0.3) is 83.1 Å². The number of aromatic nitrogens is 1. The highest BCUT2D eigenvalue weighted by atomic mass is 15.0. The van der Waals surface area contributed by atoms with Crippen LogP contribution in [0.2, 0.25) is 0 Å². The number of nitrogens with zero attached hydrogens (tertiary/aromatic N) is 2. The summed E-state index contributed by atoms with van der Waals surface area (Å²) < 4.78 is 2.46. The van der Waals surface area contributed by atoms with Crippen molar-refractivity contribution in [1.29, 1.82) is 0 Å². The van der Waals surface area contributed by atoms with Gasteiger partial charge in [-0.25, -0.2) is 0 Å². The minimum Gasteiger partial charge on any atom is -0.309 e. The zero-order chi connectivity index (χ0) is 41.9. The molecule has 2 nitrogen and oxygen atoms in total. The van der Waals surface area contributed by atoms with Crippen LogP contribution in [-0.4, -0.2) is 10.3 Å². The van der Waals surface area contributed by atoms with Gasteiger partial charge in [0.15, 0.2) is 0 Å². The Morgan fingerprint density at radius 3 is 1.84 bits per heavy atom. The minimum absolute atomic E-state index is 0.234. The molecule has 1 aromatic heterocycles. The molecule has 1 unspecified atom stereocenters. The van der Waals surface area contributed by atoms with Crippen molar-refractivity contribution < 1.29 is 0 Å². The Bertz CT molecular complexity index is 3530. The number of fused-ring (bicyclic) bond motifs is 9. The fraction of sp³-hybridized carbons (Fsp3) is 0.0656. The average Bonchev–Trinajstić information content (AvgIpc) is 3.66. The van der Waals surface area contributed by atoms with Gasteiger partial charge in [0.25, 0.3) is 0 Å². The first-order chi connectivity index (χ1) is 31.1. The maximum atomic E-state index is 5.47. The van der Waals surface area contributed by atoms with E-state index < -0.39 is 0 Å². The molecule has 1 aliphatic heterocycles. The van der Waals surface area contributed by atoms with Crippen molar-refractivity contribution in [2.24, 2.45) is 10.9 Å². The first-order valence-corrected chi connectivity index (χ1v) is 22.1. The summed E-state index contributed by atoms with van der Waals surface area (Å²) in [6.45, 7) is 2.30. The summed E-state index contributed by atoms with van der Waals surface area (Å²) in [5.41, 5.74) is 18.3. The van der Waals surface area contributed by atoms with E-state index in [9.17, 15) is 0 Å². The zero-order valence-electron chi connectivity index (χ0n) is 35.2. The molecule has 1 atom stereocenters. The molecule has 298 valence electrons. The minimum atomic E-state index is 0.234. The van der Waals surface area contributed by atoms with Gasteiger partial charge < -0.3 is 4.57 Å². The van der Waals surface area contributed by atoms with Crippen molar-refractivity contribution in [2.45, 2.75) is 19.8 Å². The molecular weight excluding hydrogens is 761 g/mol. The zero-order valence-corrected chi connectivity index (χ0v) is 35.2. The van der Waals surface area contributed by atoms with Crippen LogP contribution in [-0.2, 0) is 6.42 Å². The van der Waals surface area contributed by atoms with Crippen LogP contribution in [0.1, 0.15) is 46.7 Å². The van der Waals surface area contributed by atoms with E-state index in [2.05, 4.69) is 230 Å². The fourth-order valence-corrected chi connectivity index (χ4v) is 10.1. The van der Waals surface area contributed by atoms with Crippen LogP contribution in [0, 0.1) is 5.92 Å². The van der Waals surface area contributed by atoms with Gasteiger partial charge in [-0.05, 0) is 133 Å². The molecule has 0 N–H and O–H groups in total. The van der Waals surface area contributed by atoms with Gasteiger partial charge >= 0.3 is 0 Å². The summed E-state index contributed by atoms with van der Waals surface area (Å²) in [5, 5.41) is 7.63. The molecule has 63 heavy (non-hydrogen) atoms. The highest BCUT2D eigenvalue weighted by Gasteiger charge is 2.27. The topological polar surface area (TPSA) is 17.3 Å². The van der Waals surface area contributed by atoms with E-state index in [1.807, 2.05) is 0 Å². The Hall–Kier alpha value is -7.81. The molecule has 1 aliphatic carbocycles. The first-order valence-electron chi connectivity index (χ1n) is 22.1. The fourth-order valence-electron chi connectivity index (χ4n) is 10.1. The smallest absolute Gasteiger partial charge is 0.0711 e. The van der Waals surface area contributed by atoms with E-state index in [1.54, 1.807) is 0 Å². The Morgan fingerprint density at radius 2 is 1.14 bits per heavy atom. The van der Waals surface area contributed by atoms with Gasteiger partial charge in [0.2, 0.25) is 0 Å². The number of rotatable bonds is 5. The maximum absolute atomic E-state index is 5.47. The summed E-state index contributed by atoms with van der Waals surface area (Å²) in [5.74, 6) is 0.234. The number of aliphatic imine (C=N–C) groups is 1.